The molecule has 0 aliphatic carbocycles. The standard InChI is InChI=1S/C27H21Cl2NO3/c28-21-14-15-25-23(16-21)27(33,26(32)30(25)18-20-11-5-7-13-24(20)29)17-22(31)12-6-4-10-19-8-2-1-3-9-19/h1-16,33H,17-18H2/b10-4+,12-6+/t27-/m1/s1. The molecular weight excluding hydrogens is 457 g/mol. The molecule has 0 spiro atoms. The lowest BCUT2D eigenvalue weighted by molar-refractivity contribution is -0.140. The van der Waals surface area contributed by atoms with Crippen molar-refractivity contribution in [1.29, 1.82) is 0 Å². The number of carbonyl (C=O) groups is 2. The van der Waals surface area contributed by atoms with Gasteiger partial charge in [0.25, 0.3) is 5.91 Å². The van der Waals surface area contributed by atoms with Crippen molar-refractivity contribution in [2.45, 2.75) is 18.6 Å². The number of carbonyl (C=O) groups excluding carboxylic acids is 2. The summed E-state index contributed by atoms with van der Waals surface area (Å²) < 4.78 is 0. The fraction of sp³-hybridized carbons (Fsp3) is 0.111. The van der Waals surface area contributed by atoms with Crippen LogP contribution in [0.4, 0.5) is 5.69 Å². The zero-order chi connectivity index (χ0) is 23.4. The lowest BCUT2D eigenvalue weighted by Crippen LogP contribution is -2.41. The van der Waals surface area contributed by atoms with Gasteiger partial charge < -0.3 is 10.0 Å². The molecule has 1 N–H and O–H groups in total. The molecule has 1 aliphatic rings. The highest BCUT2D eigenvalue weighted by molar-refractivity contribution is 6.31. The van der Waals surface area contributed by atoms with Crippen LogP contribution in [-0.4, -0.2) is 16.8 Å². The quantitative estimate of drug-likeness (QED) is 0.337. The van der Waals surface area contributed by atoms with E-state index in [4.69, 9.17) is 23.2 Å². The third-order valence-corrected chi connectivity index (χ3v) is 6.10. The van der Waals surface area contributed by atoms with Crippen LogP contribution in [0.5, 0.6) is 0 Å². The molecule has 0 saturated heterocycles. The van der Waals surface area contributed by atoms with Crippen LogP contribution in [0.25, 0.3) is 6.08 Å². The number of ketones is 1. The van der Waals surface area contributed by atoms with Crippen molar-refractivity contribution in [3.05, 3.63) is 118 Å². The van der Waals surface area contributed by atoms with Gasteiger partial charge in [-0.1, -0.05) is 90.0 Å². The van der Waals surface area contributed by atoms with Crippen LogP contribution in [0.15, 0.2) is 91.0 Å². The molecule has 166 valence electrons. The molecule has 0 saturated carbocycles. The van der Waals surface area contributed by atoms with Gasteiger partial charge in [-0.15, -0.1) is 0 Å². The number of rotatable bonds is 7. The van der Waals surface area contributed by atoms with E-state index < -0.39 is 17.9 Å². The minimum atomic E-state index is -2.01. The second-order valence-electron chi connectivity index (χ2n) is 7.78. The second kappa shape index (κ2) is 9.75. The van der Waals surface area contributed by atoms with E-state index in [0.717, 1.165) is 11.1 Å². The van der Waals surface area contributed by atoms with Crippen LogP contribution in [0, 0.1) is 0 Å². The molecule has 1 aliphatic heterocycles. The van der Waals surface area contributed by atoms with Crippen LogP contribution >= 0.6 is 23.2 Å². The maximum absolute atomic E-state index is 13.4. The average Bonchev–Trinajstić information content (AvgIpc) is 3.00. The van der Waals surface area contributed by atoms with E-state index in [9.17, 15) is 14.7 Å². The zero-order valence-corrected chi connectivity index (χ0v) is 19.1. The molecule has 4 nitrogen and oxygen atoms in total. The Kier molecular flexibility index (Phi) is 6.80. The Hall–Kier alpha value is -3.18. The number of allylic oxidation sites excluding steroid dienone is 3. The Labute approximate surface area is 202 Å². The summed E-state index contributed by atoms with van der Waals surface area (Å²) in [6.45, 7) is 0.166. The van der Waals surface area contributed by atoms with E-state index >= 15 is 0 Å². The smallest absolute Gasteiger partial charge is 0.264 e. The van der Waals surface area contributed by atoms with Crippen molar-refractivity contribution >= 4 is 46.7 Å². The highest BCUT2D eigenvalue weighted by Gasteiger charge is 2.50. The predicted octanol–water partition coefficient (Wildman–Crippen LogP) is 5.96. The minimum Gasteiger partial charge on any atom is -0.375 e. The highest BCUT2D eigenvalue weighted by Crippen LogP contribution is 2.44. The molecule has 0 fully saturated rings. The molecule has 33 heavy (non-hydrogen) atoms. The van der Waals surface area contributed by atoms with Gasteiger partial charge in [-0.25, -0.2) is 0 Å². The maximum Gasteiger partial charge on any atom is 0.264 e. The summed E-state index contributed by atoms with van der Waals surface area (Å²) in [5.41, 5.74) is 0.542. The molecule has 0 unspecified atom stereocenters. The van der Waals surface area contributed by atoms with E-state index in [1.165, 1.54) is 17.0 Å². The molecule has 4 rings (SSSR count). The van der Waals surface area contributed by atoms with Gasteiger partial charge >= 0.3 is 0 Å². The first-order valence-electron chi connectivity index (χ1n) is 10.4. The van der Waals surface area contributed by atoms with Crippen LogP contribution in [0.3, 0.4) is 0 Å². The largest absolute Gasteiger partial charge is 0.375 e. The molecule has 0 radical (unpaired) electrons. The normalized spacial score (nSPS) is 17.8. The number of halogens is 2. The summed E-state index contributed by atoms with van der Waals surface area (Å²) in [5, 5.41) is 12.3. The van der Waals surface area contributed by atoms with Gasteiger partial charge in [0.15, 0.2) is 11.4 Å². The van der Waals surface area contributed by atoms with E-state index in [1.54, 1.807) is 36.4 Å². The van der Waals surface area contributed by atoms with Gasteiger partial charge in [-0.2, -0.15) is 0 Å². The van der Waals surface area contributed by atoms with Crippen molar-refractivity contribution < 1.29 is 14.7 Å². The first-order chi connectivity index (χ1) is 15.9. The number of aliphatic hydroxyl groups is 1. The first kappa shape index (κ1) is 23.0. The van der Waals surface area contributed by atoms with E-state index in [1.807, 2.05) is 48.5 Å². The van der Waals surface area contributed by atoms with Gasteiger partial charge in [-0.05, 0) is 41.5 Å². The number of nitrogens with zero attached hydrogens (tertiary/aromatic N) is 1. The van der Waals surface area contributed by atoms with Crippen molar-refractivity contribution in [1.82, 2.24) is 0 Å². The molecule has 1 atom stereocenters. The second-order valence-corrected chi connectivity index (χ2v) is 8.62. The molecule has 6 heteroatoms. The summed E-state index contributed by atoms with van der Waals surface area (Å²) in [6, 6.07) is 21.7. The average molecular weight is 478 g/mol. The van der Waals surface area contributed by atoms with Crippen LogP contribution in [0.2, 0.25) is 10.0 Å². The number of anilines is 1. The Morgan fingerprint density at radius 3 is 2.45 bits per heavy atom. The molecule has 3 aromatic rings. The fourth-order valence-electron chi connectivity index (χ4n) is 3.85. The van der Waals surface area contributed by atoms with Crippen molar-refractivity contribution in [2.24, 2.45) is 0 Å². The summed E-state index contributed by atoms with van der Waals surface area (Å²) >= 11 is 12.4. The minimum absolute atomic E-state index is 0.166. The van der Waals surface area contributed by atoms with E-state index in [-0.39, 0.29) is 12.3 Å². The zero-order valence-electron chi connectivity index (χ0n) is 17.6. The number of hydrogen-bond acceptors (Lipinski definition) is 3. The third-order valence-electron chi connectivity index (χ3n) is 5.49. The summed E-state index contributed by atoms with van der Waals surface area (Å²) in [5.74, 6) is -0.963. The molecule has 1 heterocycles. The van der Waals surface area contributed by atoms with Gasteiger partial charge in [-0.3, -0.25) is 9.59 Å². The molecule has 1 amide bonds. The number of fused-ring (bicyclic) bond motifs is 1. The van der Waals surface area contributed by atoms with Crippen LogP contribution < -0.4 is 4.90 Å². The van der Waals surface area contributed by atoms with Gasteiger partial charge in [0.2, 0.25) is 0 Å². The Balaban J connectivity index is 1.57. The van der Waals surface area contributed by atoms with Crippen LogP contribution in [0.1, 0.15) is 23.1 Å². The Bertz CT molecular complexity index is 1250. The summed E-state index contributed by atoms with van der Waals surface area (Å²) in [6.07, 6.45) is 6.15. The monoisotopic (exact) mass is 477 g/mol. The van der Waals surface area contributed by atoms with Crippen molar-refractivity contribution in [3.8, 4) is 0 Å². The lowest BCUT2D eigenvalue weighted by Gasteiger charge is -2.22. The third kappa shape index (κ3) is 4.93. The van der Waals surface area contributed by atoms with Crippen LogP contribution in [-0.2, 0) is 21.7 Å². The van der Waals surface area contributed by atoms with Gasteiger partial charge in [0.05, 0.1) is 18.7 Å². The summed E-state index contributed by atoms with van der Waals surface area (Å²) in [4.78, 5) is 27.5. The van der Waals surface area contributed by atoms with Gasteiger partial charge in [0, 0.05) is 15.6 Å². The highest BCUT2D eigenvalue weighted by atomic mass is 35.5. The molecule has 0 aromatic heterocycles. The van der Waals surface area contributed by atoms with E-state index in [0.29, 0.717) is 21.3 Å². The Morgan fingerprint density at radius 1 is 0.970 bits per heavy atom. The number of hydrogen-bond donors (Lipinski definition) is 1. The van der Waals surface area contributed by atoms with E-state index in [2.05, 4.69) is 0 Å². The predicted molar refractivity (Wildman–Crippen MR) is 132 cm³/mol. The number of benzene rings is 3. The topological polar surface area (TPSA) is 57.6 Å². The summed E-state index contributed by atoms with van der Waals surface area (Å²) in [7, 11) is 0. The molecule has 0 bridgehead atoms. The first-order valence-corrected chi connectivity index (χ1v) is 11.1. The Morgan fingerprint density at radius 2 is 1.70 bits per heavy atom. The molecular formula is C27H21Cl2NO3. The number of amides is 1. The SMILES string of the molecule is O=C(/C=C/C=C/c1ccccc1)C[C@]1(O)C(=O)N(Cc2ccccc2Cl)c2ccc(Cl)cc21. The van der Waals surface area contributed by atoms with Crippen molar-refractivity contribution in [2.75, 3.05) is 4.90 Å². The van der Waals surface area contributed by atoms with Gasteiger partial charge in [0.1, 0.15) is 0 Å². The maximum atomic E-state index is 13.4. The lowest BCUT2D eigenvalue weighted by atomic mass is 9.90. The van der Waals surface area contributed by atoms with Crippen molar-refractivity contribution in [3.63, 3.8) is 0 Å². The molecule has 3 aromatic carbocycles. The fourth-order valence-corrected chi connectivity index (χ4v) is 4.22.